The topological polar surface area (TPSA) is 38.3 Å². The van der Waals surface area contributed by atoms with Gasteiger partial charge in [0.25, 0.3) is 0 Å². The van der Waals surface area contributed by atoms with Gasteiger partial charge >= 0.3 is 6.09 Å². The van der Waals surface area contributed by atoms with Gasteiger partial charge in [0.2, 0.25) is 0 Å². The Hall–Kier alpha value is -0.730. The minimum Gasteiger partial charge on any atom is -0.453 e. The third-order valence-electron chi connectivity index (χ3n) is 2.54. The largest absolute Gasteiger partial charge is 0.453 e. The average molecular weight is 141 g/mol. The second-order valence-corrected chi connectivity index (χ2v) is 3.14. The fourth-order valence-electron chi connectivity index (χ4n) is 1.72. The molecule has 2 aliphatic rings. The minimum absolute atomic E-state index is 0.282. The van der Waals surface area contributed by atoms with Crippen LogP contribution in [-0.2, 0) is 4.74 Å². The Kier molecular flexibility index (Phi) is 1.13. The van der Waals surface area contributed by atoms with Crippen LogP contribution in [0.1, 0.15) is 12.8 Å². The van der Waals surface area contributed by atoms with Crippen LogP contribution in [0.25, 0.3) is 0 Å². The summed E-state index contributed by atoms with van der Waals surface area (Å²) < 4.78 is 4.47. The quantitative estimate of drug-likeness (QED) is 0.585. The van der Waals surface area contributed by atoms with E-state index in [1.54, 1.807) is 0 Å². The first-order valence-electron chi connectivity index (χ1n) is 3.65. The molecule has 2 saturated carbocycles. The first kappa shape index (κ1) is 6.01. The van der Waals surface area contributed by atoms with Crippen molar-refractivity contribution in [2.24, 2.45) is 11.8 Å². The van der Waals surface area contributed by atoms with Gasteiger partial charge in [0.05, 0.1) is 7.11 Å². The number of rotatable bonds is 1. The van der Waals surface area contributed by atoms with Crippen molar-refractivity contribution in [3.63, 3.8) is 0 Å². The molecule has 1 N–H and O–H groups in total. The van der Waals surface area contributed by atoms with Crippen molar-refractivity contribution in [2.45, 2.75) is 18.9 Å². The molecule has 2 aliphatic carbocycles. The summed E-state index contributed by atoms with van der Waals surface area (Å²) in [7, 11) is 1.40. The van der Waals surface area contributed by atoms with E-state index in [2.05, 4.69) is 10.1 Å². The first-order valence-corrected chi connectivity index (χ1v) is 3.65. The zero-order valence-corrected chi connectivity index (χ0v) is 5.96. The summed E-state index contributed by atoms with van der Waals surface area (Å²) in [5.41, 5.74) is 0. The van der Waals surface area contributed by atoms with Crippen LogP contribution in [0.4, 0.5) is 4.79 Å². The smallest absolute Gasteiger partial charge is 0.407 e. The number of ether oxygens (including phenoxy) is 1. The van der Waals surface area contributed by atoms with Gasteiger partial charge in [-0.2, -0.15) is 0 Å². The minimum atomic E-state index is -0.282. The number of alkyl carbamates (subject to hydrolysis) is 1. The van der Waals surface area contributed by atoms with Crippen molar-refractivity contribution in [2.75, 3.05) is 7.11 Å². The zero-order chi connectivity index (χ0) is 7.14. The summed E-state index contributed by atoms with van der Waals surface area (Å²) in [6.45, 7) is 0. The average Bonchev–Trinajstić information content (AvgIpc) is 2.56. The molecule has 0 heterocycles. The van der Waals surface area contributed by atoms with E-state index in [1.165, 1.54) is 20.0 Å². The second-order valence-electron chi connectivity index (χ2n) is 3.14. The number of fused-ring (bicyclic) bond motifs is 1. The van der Waals surface area contributed by atoms with E-state index < -0.39 is 0 Å². The van der Waals surface area contributed by atoms with Crippen molar-refractivity contribution in [3.05, 3.63) is 0 Å². The summed E-state index contributed by atoms with van der Waals surface area (Å²) >= 11 is 0. The Bertz CT molecular complexity index is 169. The van der Waals surface area contributed by atoms with Gasteiger partial charge in [0.15, 0.2) is 0 Å². The molecule has 0 aliphatic heterocycles. The molecular weight excluding hydrogens is 130 g/mol. The van der Waals surface area contributed by atoms with Gasteiger partial charge < -0.3 is 10.1 Å². The van der Waals surface area contributed by atoms with E-state index in [1.807, 2.05) is 0 Å². The summed E-state index contributed by atoms with van der Waals surface area (Å²) in [5.74, 6) is 1.72. The highest BCUT2D eigenvalue weighted by molar-refractivity contribution is 5.67. The highest BCUT2D eigenvalue weighted by Gasteiger charge is 2.53. The van der Waals surface area contributed by atoms with E-state index >= 15 is 0 Å². The maximum Gasteiger partial charge on any atom is 0.407 e. The molecule has 56 valence electrons. The van der Waals surface area contributed by atoms with Crippen LogP contribution in [0.15, 0.2) is 0 Å². The van der Waals surface area contributed by atoms with E-state index in [4.69, 9.17) is 0 Å². The Labute approximate surface area is 59.7 Å². The SMILES string of the molecule is COC(=O)N[C@@H]1C[C@@H]2C[C@@H]21. The van der Waals surface area contributed by atoms with Crippen molar-refractivity contribution in [1.82, 2.24) is 5.32 Å². The van der Waals surface area contributed by atoms with Crippen LogP contribution in [-0.4, -0.2) is 19.2 Å². The molecule has 0 aromatic carbocycles. The Morgan fingerprint density at radius 3 is 2.80 bits per heavy atom. The Morgan fingerprint density at radius 2 is 2.40 bits per heavy atom. The third kappa shape index (κ3) is 0.770. The standard InChI is InChI=1S/C7H11NO2/c1-10-7(9)8-6-3-4-2-5(4)6/h4-6H,2-3H2,1H3,(H,8,9)/t4-,5-,6+/m0/s1. The lowest BCUT2D eigenvalue weighted by molar-refractivity contribution is 0.158. The van der Waals surface area contributed by atoms with Crippen molar-refractivity contribution < 1.29 is 9.53 Å². The Morgan fingerprint density at radius 1 is 1.60 bits per heavy atom. The molecule has 1 amide bonds. The zero-order valence-electron chi connectivity index (χ0n) is 5.96. The maximum absolute atomic E-state index is 10.6. The number of carbonyl (C=O) groups excluding carboxylic acids is 1. The summed E-state index contributed by atoms with van der Waals surface area (Å²) in [6.07, 6.45) is 2.20. The van der Waals surface area contributed by atoms with E-state index in [9.17, 15) is 4.79 Å². The molecule has 10 heavy (non-hydrogen) atoms. The normalized spacial score (nSPS) is 41.1. The second kappa shape index (κ2) is 1.87. The van der Waals surface area contributed by atoms with Crippen LogP contribution in [0.5, 0.6) is 0 Å². The van der Waals surface area contributed by atoms with Gasteiger partial charge in [0, 0.05) is 6.04 Å². The number of hydrogen-bond donors (Lipinski definition) is 1. The van der Waals surface area contributed by atoms with Crippen molar-refractivity contribution in [1.29, 1.82) is 0 Å². The molecule has 0 unspecified atom stereocenters. The van der Waals surface area contributed by atoms with Crippen LogP contribution in [0.3, 0.4) is 0 Å². The van der Waals surface area contributed by atoms with Crippen LogP contribution < -0.4 is 5.32 Å². The van der Waals surface area contributed by atoms with E-state index in [-0.39, 0.29) is 6.09 Å². The number of methoxy groups -OCH3 is 1. The first-order chi connectivity index (χ1) is 4.81. The molecule has 2 fully saturated rings. The monoisotopic (exact) mass is 141 g/mol. The number of nitrogens with one attached hydrogen (secondary N) is 1. The highest BCUT2D eigenvalue weighted by atomic mass is 16.5. The lowest BCUT2D eigenvalue weighted by atomic mass is 9.93. The van der Waals surface area contributed by atoms with E-state index in [0.717, 1.165) is 11.8 Å². The molecule has 0 bridgehead atoms. The predicted molar refractivity (Wildman–Crippen MR) is 35.5 cm³/mol. The maximum atomic E-state index is 10.6. The van der Waals surface area contributed by atoms with E-state index in [0.29, 0.717) is 6.04 Å². The predicted octanol–water partition coefficient (Wildman–Crippen LogP) is 0.751. The van der Waals surface area contributed by atoms with Crippen molar-refractivity contribution in [3.8, 4) is 0 Å². The van der Waals surface area contributed by atoms with Gasteiger partial charge in [-0.15, -0.1) is 0 Å². The van der Waals surface area contributed by atoms with Crippen molar-refractivity contribution >= 4 is 6.09 Å². The van der Waals surface area contributed by atoms with Crippen LogP contribution in [0, 0.1) is 11.8 Å². The molecule has 3 heteroatoms. The number of amides is 1. The van der Waals surface area contributed by atoms with Gasteiger partial charge in [-0.05, 0) is 24.7 Å². The molecule has 2 rings (SSSR count). The van der Waals surface area contributed by atoms with Gasteiger partial charge in [-0.3, -0.25) is 0 Å². The number of carbonyl (C=O) groups is 1. The molecular formula is C7H11NO2. The molecule has 0 aromatic rings. The third-order valence-corrected chi connectivity index (χ3v) is 2.54. The summed E-state index contributed by atoms with van der Waals surface area (Å²) in [5, 5.41) is 2.80. The van der Waals surface area contributed by atoms with Gasteiger partial charge in [-0.25, -0.2) is 4.79 Å². The molecule has 0 saturated heterocycles. The molecule has 0 spiro atoms. The van der Waals surface area contributed by atoms with Gasteiger partial charge in [0.1, 0.15) is 0 Å². The number of hydrogen-bond acceptors (Lipinski definition) is 2. The lowest BCUT2D eigenvalue weighted by Crippen LogP contribution is -2.41. The fraction of sp³-hybridized carbons (Fsp3) is 0.857. The molecule has 3 atom stereocenters. The summed E-state index contributed by atoms with van der Waals surface area (Å²) in [6, 6.07) is 0.428. The Balaban J connectivity index is 1.75. The van der Waals surface area contributed by atoms with Crippen LogP contribution in [0.2, 0.25) is 0 Å². The molecule has 0 aromatic heterocycles. The molecule has 0 radical (unpaired) electrons. The molecule has 3 nitrogen and oxygen atoms in total. The fourth-order valence-corrected chi connectivity index (χ4v) is 1.72. The highest BCUT2D eigenvalue weighted by Crippen LogP contribution is 2.55. The lowest BCUT2D eigenvalue weighted by Gasteiger charge is -2.24. The van der Waals surface area contributed by atoms with Gasteiger partial charge in [-0.1, -0.05) is 0 Å². The summed E-state index contributed by atoms with van der Waals surface area (Å²) in [4.78, 5) is 10.6. The van der Waals surface area contributed by atoms with Crippen LogP contribution >= 0.6 is 0 Å².